The van der Waals surface area contributed by atoms with Crippen molar-refractivity contribution in [2.24, 2.45) is 0 Å². The summed E-state index contributed by atoms with van der Waals surface area (Å²) in [4.78, 5) is 14.7. The van der Waals surface area contributed by atoms with E-state index in [9.17, 15) is 18.0 Å². The molecular formula is C11H11F3N2O2. The van der Waals surface area contributed by atoms with Crippen LogP contribution in [0.1, 0.15) is 18.5 Å². The predicted octanol–water partition coefficient (Wildman–Crippen LogP) is 1.76. The van der Waals surface area contributed by atoms with Crippen molar-refractivity contribution < 1.29 is 22.7 Å². The van der Waals surface area contributed by atoms with E-state index in [-0.39, 0.29) is 11.8 Å². The fourth-order valence-electron chi connectivity index (χ4n) is 1.64. The van der Waals surface area contributed by atoms with Gasteiger partial charge < -0.3 is 10.1 Å². The molecule has 1 aliphatic heterocycles. The number of rotatable bonds is 2. The quantitative estimate of drug-likeness (QED) is 0.881. The van der Waals surface area contributed by atoms with Gasteiger partial charge in [-0.2, -0.15) is 13.2 Å². The van der Waals surface area contributed by atoms with Crippen LogP contribution in [0.25, 0.3) is 0 Å². The van der Waals surface area contributed by atoms with Crippen LogP contribution in [-0.2, 0) is 11.0 Å². The lowest BCUT2D eigenvalue weighted by atomic mass is 10.1. The highest BCUT2D eigenvalue weighted by Crippen LogP contribution is 2.28. The smallest absolute Gasteiger partial charge is 0.433 e. The average Bonchev–Trinajstić information content (AvgIpc) is 2.31. The SMILES string of the molecule is O=C1NCCCC1Oc1cccc(C(F)(F)F)n1. The third kappa shape index (κ3) is 2.91. The molecule has 1 aromatic heterocycles. The Morgan fingerprint density at radius 2 is 2.17 bits per heavy atom. The zero-order valence-corrected chi connectivity index (χ0v) is 9.33. The summed E-state index contributed by atoms with van der Waals surface area (Å²) in [5.74, 6) is -0.507. The second kappa shape index (κ2) is 4.83. The van der Waals surface area contributed by atoms with Crippen LogP contribution in [0.15, 0.2) is 18.2 Å². The third-order valence-corrected chi connectivity index (χ3v) is 2.51. The minimum atomic E-state index is -4.52. The molecule has 0 spiro atoms. The van der Waals surface area contributed by atoms with Gasteiger partial charge in [-0.1, -0.05) is 6.07 Å². The van der Waals surface area contributed by atoms with Crippen molar-refractivity contribution >= 4 is 5.91 Å². The van der Waals surface area contributed by atoms with E-state index in [4.69, 9.17) is 4.74 Å². The molecule has 98 valence electrons. The number of carbonyl (C=O) groups is 1. The number of alkyl halides is 3. The first kappa shape index (κ1) is 12.7. The number of aromatic nitrogens is 1. The molecule has 0 bridgehead atoms. The van der Waals surface area contributed by atoms with Crippen molar-refractivity contribution in [2.45, 2.75) is 25.1 Å². The van der Waals surface area contributed by atoms with Gasteiger partial charge in [0.1, 0.15) is 5.69 Å². The first-order valence-electron chi connectivity index (χ1n) is 5.45. The molecule has 1 aliphatic rings. The summed E-state index contributed by atoms with van der Waals surface area (Å²) in [6.45, 7) is 0.564. The first-order valence-corrected chi connectivity index (χ1v) is 5.45. The monoisotopic (exact) mass is 260 g/mol. The summed E-state index contributed by atoms with van der Waals surface area (Å²) in [6, 6.07) is 3.36. The maximum absolute atomic E-state index is 12.4. The minimum Gasteiger partial charge on any atom is -0.464 e. The summed E-state index contributed by atoms with van der Waals surface area (Å²) in [5, 5.41) is 2.58. The molecule has 1 saturated heterocycles. The molecular weight excluding hydrogens is 249 g/mol. The Morgan fingerprint density at radius 3 is 2.83 bits per heavy atom. The summed E-state index contributed by atoms with van der Waals surface area (Å²) >= 11 is 0. The van der Waals surface area contributed by atoms with E-state index in [1.165, 1.54) is 12.1 Å². The van der Waals surface area contributed by atoms with E-state index in [2.05, 4.69) is 10.3 Å². The number of hydrogen-bond donors (Lipinski definition) is 1. The molecule has 0 saturated carbocycles. The second-order valence-corrected chi connectivity index (χ2v) is 3.90. The highest BCUT2D eigenvalue weighted by molar-refractivity contribution is 5.81. The molecule has 1 atom stereocenters. The third-order valence-electron chi connectivity index (χ3n) is 2.51. The maximum atomic E-state index is 12.4. The minimum absolute atomic E-state index is 0.188. The lowest BCUT2D eigenvalue weighted by Gasteiger charge is -2.22. The number of amides is 1. The van der Waals surface area contributed by atoms with Gasteiger partial charge in [-0.15, -0.1) is 0 Å². The molecule has 1 aromatic rings. The molecule has 1 unspecified atom stereocenters. The summed E-state index contributed by atoms with van der Waals surface area (Å²) in [5.41, 5.74) is -1.03. The van der Waals surface area contributed by atoms with Gasteiger partial charge in [-0.05, 0) is 18.9 Å². The van der Waals surface area contributed by atoms with Crippen LogP contribution in [-0.4, -0.2) is 23.5 Å². The zero-order chi connectivity index (χ0) is 13.2. The van der Waals surface area contributed by atoms with E-state index in [0.29, 0.717) is 13.0 Å². The van der Waals surface area contributed by atoms with E-state index >= 15 is 0 Å². The van der Waals surface area contributed by atoms with Gasteiger partial charge in [0.05, 0.1) is 0 Å². The van der Waals surface area contributed by atoms with Crippen LogP contribution >= 0.6 is 0 Å². The first-order chi connectivity index (χ1) is 8.47. The number of nitrogens with zero attached hydrogens (tertiary/aromatic N) is 1. The van der Waals surface area contributed by atoms with Crippen molar-refractivity contribution in [1.29, 1.82) is 0 Å². The molecule has 7 heteroatoms. The second-order valence-electron chi connectivity index (χ2n) is 3.90. The summed E-state index contributed by atoms with van der Waals surface area (Å²) in [6.07, 6.45) is -4.08. The van der Waals surface area contributed by atoms with E-state index < -0.39 is 18.0 Å². The predicted molar refractivity (Wildman–Crippen MR) is 55.9 cm³/mol. The molecule has 0 aliphatic carbocycles. The number of ether oxygens (including phenoxy) is 1. The molecule has 1 fully saturated rings. The molecule has 0 aromatic carbocycles. The number of hydrogen-bond acceptors (Lipinski definition) is 3. The average molecular weight is 260 g/mol. The number of piperidine rings is 1. The van der Waals surface area contributed by atoms with Crippen molar-refractivity contribution in [3.8, 4) is 5.88 Å². The Hall–Kier alpha value is -1.79. The Bertz CT molecular complexity index is 448. The van der Waals surface area contributed by atoms with Crippen molar-refractivity contribution in [3.05, 3.63) is 23.9 Å². The molecule has 2 heterocycles. The van der Waals surface area contributed by atoms with Crippen molar-refractivity contribution in [2.75, 3.05) is 6.54 Å². The summed E-state index contributed by atoms with van der Waals surface area (Å²) in [7, 11) is 0. The van der Waals surface area contributed by atoms with Crippen LogP contribution in [0.4, 0.5) is 13.2 Å². The Kier molecular flexibility index (Phi) is 3.40. The Morgan fingerprint density at radius 1 is 1.39 bits per heavy atom. The van der Waals surface area contributed by atoms with Crippen LogP contribution < -0.4 is 10.1 Å². The topological polar surface area (TPSA) is 51.2 Å². The Labute approximate surface area is 101 Å². The van der Waals surface area contributed by atoms with E-state index in [1.54, 1.807) is 0 Å². The zero-order valence-electron chi connectivity index (χ0n) is 9.33. The van der Waals surface area contributed by atoms with Crippen LogP contribution in [0, 0.1) is 0 Å². The molecule has 18 heavy (non-hydrogen) atoms. The highest BCUT2D eigenvalue weighted by atomic mass is 19.4. The fourth-order valence-corrected chi connectivity index (χ4v) is 1.64. The molecule has 0 radical (unpaired) electrons. The van der Waals surface area contributed by atoms with Gasteiger partial charge in [0, 0.05) is 12.6 Å². The molecule has 1 amide bonds. The lowest BCUT2D eigenvalue weighted by molar-refractivity contribution is -0.141. The van der Waals surface area contributed by atoms with Crippen molar-refractivity contribution in [1.82, 2.24) is 10.3 Å². The van der Waals surface area contributed by atoms with E-state index in [1.807, 2.05) is 0 Å². The standard InChI is InChI=1S/C11H11F3N2O2/c12-11(13,14)8-4-1-5-9(16-8)18-7-3-2-6-15-10(7)17/h1,4-5,7H,2-3,6H2,(H,15,17). The number of pyridine rings is 1. The van der Waals surface area contributed by atoms with Crippen LogP contribution in [0.2, 0.25) is 0 Å². The van der Waals surface area contributed by atoms with Gasteiger partial charge in [0.25, 0.3) is 5.91 Å². The van der Waals surface area contributed by atoms with Crippen molar-refractivity contribution in [3.63, 3.8) is 0 Å². The molecule has 4 nitrogen and oxygen atoms in total. The van der Waals surface area contributed by atoms with Crippen LogP contribution in [0.3, 0.4) is 0 Å². The molecule has 2 rings (SSSR count). The fraction of sp³-hybridized carbons (Fsp3) is 0.455. The Balaban J connectivity index is 2.12. The van der Waals surface area contributed by atoms with Gasteiger partial charge in [0.15, 0.2) is 6.10 Å². The van der Waals surface area contributed by atoms with Gasteiger partial charge in [0.2, 0.25) is 5.88 Å². The maximum Gasteiger partial charge on any atom is 0.433 e. The summed E-state index contributed by atoms with van der Waals surface area (Å²) < 4.78 is 42.5. The molecule has 1 N–H and O–H groups in total. The number of nitrogens with one attached hydrogen (secondary N) is 1. The number of carbonyl (C=O) groups excluding carboxylic acids is 1. The largest absolute Gasteiger partial charge is 0.464 e. The lowest BCUT2D eigenvalue weighted by Crippen LogP contribution is -2.43. The van der Waals surface area contributed by atoms with Gasteiger partial charge >= 0.3 is 6.18 Å². The number of halogens is 3. The normalized spacial score (nSPS) is 20.4. The highest BCUT2D eigenvalue weighted by Gasteiger charge is 2.33. The van der Waals surface area contributed by atoms with Gasteiger partial charge in [-0.25, -0.2) is 4.98 Å². The van der Waals surface area contributed by atoms with Gasteiger partial charge in [-0.3, -0.25) is 4.79 Å². The van der Waals surface area contributed by atoms with Crippen LogP contribution in [0.5, 0.6) is 5.88 Å². The van der Waals surface area contributed by atoms with E-state index in [0.717, 1.165) is 12.5 Å².